The molecule has 10 heteroatoms. The first-order valence-corrected chi connectivity index (χ1v) is 10.6. The molecular weight excluding hydrogens is 432 g/mol. The van der Waals surface area contributed by atoms with Gasteiger partial charge in [0.05, 0.1) is 17.5 Å². The van der Waals surface area contributed by atoms with Crippen LogP contribution in [0.5, 0.6) is 0 Å². The molecule has 1 saturated heterocycles. The van der Waals surface area contributed by atoms with Crippen molar-refractivity contribution in [3.05, 3.63) is 22.5 Å². The van der Waals surface area contributed by atoms with Crippen LogP contribution in [0.4, 0.5) is 15.0 Å². The van der Waals surface area contributed by atoms with Gasteiger partial charge in [0.15, 0.2) is 11.0 Å². The van der Waals surface area contributed by atoms with Crippen molar-refractivity contribution in [2.24, 2.45) is 0 Å². The largest absolute Gasteiger partial charge is 0.444 e. The second-order valence-corrected chi connectivity index (χ2v) is 8.52. The minimum Gasteiger partial charge on any atom is -0.444 e. The summed E-state index contributed by atoms with van der Waals surface area (Å²) in [6.07, 6.45) is 1.76. The molecule has 0 aliphatic carbocycles. The Morgan fingerprint density at radius 3 is 2.53 bits per heavy atom. The van der Waals surface area contributed by atoms with E-state index in [0.29, 0.717) is 24.2 Å². The molecule has 7 nitrogen and oxygen atoms in total. The van der Waals surface area contributed by atoms with Crippen molar-refractivity contribution in [2.45, 2.75) is 65.6 Å². The highest BCUT2D eigenvalue weighted by Crippen LogP contribution is 2.33. The van der Waals surface area contributed by atoms with Gasteiger partial charge >= 0.3 is 6.09 Å². The second kappa shape index (κ2) is 9.47. The van der Waals surface area contributed by atoms with Gasteiger partial charge in [0.1, 0.15) is 16.9 Å². The van der Waals surface area contributed by atoms with E-state index in [2.05, 4.69) is 15.0 Å². The first-order chi connectivity index (χ1) is 14.0. The lowest BCUT2D eigenvalue weighted by Crippen LogP contribution is -2.45. The van der Waals surface area contributed by atoms with Gasteiger partial charge in [-0.05, 0) is 45.7 Å². The number of nitrogens with zero attached hydrogens (tertiary/aromatic N) is 5. The van der Waals surface area contributed by atoms with Crippen LogP contribution in [-0.2, 0) is 4.74 Å². The topological polar surface area (TPSA) is 71.5 Å². The fourth-order valence-corrected chi connectivity index (χ4v) is 3.74. The van der Waals surface area contributed by atoms with Gasteiger partial charge in [-0.2, -0.15) is 4.98 Å². The first kappa shape index (κ1) is 24.3. The number of anilines is 1. The fourth-order valence-electron chi connectivity index (χ4n) is 3.44. The lowest BCUT2D eigenvalue weighted by atomic mass is 10.1. The number of carbonyl (C=O) groups is 1. The van der Waals surface area contributed by atoms with E-state index in [1.54, 1.807) is 4.90 Å². The van der Waals surface area contributed by atoms with Crippen molar-refractivity contribution < 1.29 is 13.9 Å². The molecule has 0 aromatic carbocycles. The van der Waals surface area contributed by atoms with Crippen molar-refractivity contribution in [2.75, 3.05) is 18.5 Å². The smallest absolute Gasteiger partial charge is 0.410 e. The molecule has 0 radical (unpaired) electrons. The average molecular weight is 460 g/mol. The average Bonchev–Trinajstić information content (AvgIpc) is 3.06. The Bertz CT molecular complexity index is 922. The first-order valence-electron chi connectivity index (χ1n) is 9.89. The molecule has 0 bridgehead atoms. The lowest BCUT2D eigenvalue weighted by Gasteiger charge is -2.33. The molecule has 166 valence electrons. The minimum absolute atomic E-state index is 0.0106. The van der Waals surface area contributed by atoms with E-state index < -0.39 is 11.4 Å². The van der Waals surface area contributed by atoms with E-state index in [-0.39, 0.29) is 34.1 Å². The van der Waals surface area contributed by atoms with Crippen molar-refractivity contribution in [1.82, 2.24) is 19.9 Å². The zero-order valence-electron chi connectivity index (χ0n) is 18.3. The Balaban J connectivity index is 0.00000155. The van der Waals surface area contributed by atoms with Crippen LogP contribution in [0.15, 0.2) is 6.20 Å². The van der Waals surface area contributed by atoms with Crippen LogP contribution in [0.1, 0.15) is 48.0 Å². The highest BCUT2D eigenvalue weighted by Gasteiger charge is 2.39. The Hall–Kier alpha value is -1.93. The van der Waals surface area contributed by atoms with E-state index in [0.717, 1.165) is 0 Å². The number of hydrogen-bond acceptors (Lipinski definition) is 6. The van der Waals surface area contributed by atoms with Crippen LogP contribution in [0.25, 0.3) is 10.9 Å². The summed E-state index contributed by atoms with van der Waals surface area (Å²) < 4.78 is 19.9. The van der Waals surface area contributed by atoms with E-state index in [1.807, 2.05) is 53.5 Å². The van der Waals surface area contributed by atoms with Gasteiger partial charge in [-0.1, -0.05) is 25.4 Å². The van der Waals surface area contributed by atoms with Crippen molar-refractivity contribution in [1.29, 1.82) is 0 Å². The summed E-state index contributed by atoms with van der Waals surface area (Å²) in [5.41, 5.74) is -0.559. The van der Waals surface area contributed by atoms with Gasteiger partial charge in [-0.3, -0.25) is 0 Å². The predicted octanol–water partition coefficient (Wildman–Crippen LogP) is 5.33. The summed E-state index contributed by atoms with van der Waals surface area (Å²) in [6.45, 7) is 12.0. The van der Waals surface area contributed by atoms with E-state index >= 15 is 0 Å². The molecule has 3 heterocycles. The maximum absolute atomic E-state index is 14.4. The van der Waals surface area contributed by atoms with Crippen molar-refractivity contribution in [3.63, 3.8) is 0 Å². The van der Waals surface area contributed by atoms with E-state index in [4.69, 9.17) is 27.9 Å². The molecule has 2 aromatic rings. The molecule has 2 unspecified atom stereocenters. The summed E-state index contributed by atoms with van der Waals surface area (Å²) in [5, 5.41) is 0.0306. The zero-order valence-corrected chi connectivity index (χ0v) is 19.8. The molecule has 3 rings (SSSR count). The number of ether oxygens (including phenoxy) is 1. The third-order valence-corrected chi connectivity index (χ3v) is 5.20. The normalized spacial score (nSPS) is 18.8. The van der Waals surface area contributed by atoms with Crippen molar-refractivity contribution in [3.8, 4) is 0 Å². The monoisotopic (exact) mass is 459 g/mol. The number of hydrogen-bond donors (Lipinski definition) is 0. The van der Waals surface area contributed by atoms with E-state index in [1.165, 1.54) is 6.20 Å². The van der Waals surface area contributed by atoms with Gasteiger partial charge in [0.25, 0.3) is 0 Å². The maximum atomic E-state index is 14.4. The standard InChI is InChI=1S/C18H22Cl2FN5O2.C2H6/c1-9-11(6-7-26(9)17(27)28-18(2,3)4)25(5)15-10-8-22-14(19)12(21)13(10)23-16(20)24-15;1-2/h8-9,11H,6-7H2,1-5H3;1-2H3. The summed E-state index contributed by atoms with van der Waals surface area (Å²) in [5.74, 6) is -0.311. The molecular formula is C20H28Cl2FN5O2. The summed E-state index contributed by atoms with van der Waals surface area (Å²) in [4.78, 5) is 28.1. The molecule has 2 aromatic heterocycles. The third kappa shape index (κ3) is 5.03. The van der Waals surface area contributed by atoms with Gasteiger partial charge in [0, 0.05) is 19.8 Å². The Labute approximate surface area is 186 Å². The molecule has 1 aliphatic rings. The number of carbonyl (C=O) groups excluding carboxylic acids is 1. The molecule has 0 N–H and O–H groups in total. The Morgan fingerprint density at radius 2 is 1.93 bits per heavy atom. The van der Waals surface area contributed by atoms with Gasteiger partial charge in [-0.15, -0.1) is 0 Å². The molecule has 30 heavy (non-hydrogen) atoms. The SMILES string of the molecule is CC.CC1C(N(C)c2nc(Cl)nc3c(F)c(Cl)ncc23)CCN1C(=O)OC(C)(C)C. The molecule has 2 atom stereocenters. The quantitative estimate of drug-likeness (QED) is 0.446. The van der Waals surface area contributed by atoms with Crippen LogP contribution in [-0.4, -0.2) is 57.2 Å². The molecule has 1 fully saturated rings. The third-order valence-electron chi connectivity index (χ3n) is 4.77. The number of aromatic nitrogens is 3. The van der Waals surface area contributed by atoms with E-state index in [9.17, 15) is 9.18 Å². The van der Waals surface area contributed by atoms with Gasteiger partial charge in [0.2, 0.25) is 5.28 Å². The number of fused-ring (bicyclic) bond motifs is 1. The number of halogens is 3. The van der Waals surface area contributed by atoms with Gasteiger partial charge in [-0.25, -0.2) is 19.2 Å². The second-order valence-electron chi connectivity index (χ2n) is 7.82. The number of amides is 1. The number of rotatable bonds is 2. The molecule has 1 aliphatic heterocycles. The summed E-state index contributed by atoms with van der Waals surface area (Å²) >= 11 is 11.8. The van der Waals surface area contributed by atoms with Gasteiger partial charge < -0.3 is 14.5 Å². The Morgan fingerprint density at radius 1 is 1.30 bits per heavy atom. The zero-order chi connectivity index (χ0) is 22.8. The highest BCUT2D eigenvalue weighted by atomic mass is 35.5. The minimum atomic E-state index is -0.743. The van der Waals surface area contributed by atoms with Crippen LogP contribution in [0, 0.1) is 5.82 Å². The van der Waals surface area contributed by atoms with Crippen LogP contribution in [0.3, 0.4) is 0 Å². The maximum Gasteiger partial charge on any atom is 0.410 e. The Kier molecular flexibility index (Phi) is 7.69. The van der Waals surface area contributed by atoms with Crippen LogP contribution in [0.2, 0.25) is 10.4 Å². The highest BCUT2D eigenvalue weighted by molar-refractivity contribution is 6.30. The number of likely N-dealkylation sites (N-methyl/N-ethyl adjacent to an activating group) is 1. The molecule has 0 saturated carbocycles. The number of likely N-dealkylation sites (tertiary alicyclic amines) is 1. The van der Waals surface area contributed by atoms with Crippen LogP contribution < -0.4 is 4.90 Å². The fraction of sp³-hybridized carbons (Fsp3) is 0.600. The molecule has 0 spiro atoms. The summed E-state index contributed by atoms with van der Waals surface area (Å²) in [6, 6.07) is -0.214. The molecule has 1 amide bonds. The lowest BCUT2D eigenvalue weighted by molar-refractivity contribution is 0.0233. The van der Waals surface area contributed by atoms with Crippen molar-refractivity contribution >= 4 is 46.0 Å². The predicted molar refractivity (Wildman–Crippen MR) is 118 cm³/mol. The summed E-state index contributed by atoms with van der Waals surface area (Å²) in [7, 11) is 1.82. The van der Waals surface area contributed by atoms with Crippen LogP contribution >= 0.6 is 23.2 Å². The number of pyridine rings is 1.